The van der Waals surface area contributed by atoms with Gasteiger partial charge in [0.05, 0.1) is 8.07 Å². The van der Waals surface area contributed by atoms with Crippen LogP contribution in [0.1, 0.15) is 57.8 Å². The van der Waals surface area contributed by atoms with Crippen molar-refractivity contribution in [1.82, 2.24) is 0 Å². The lowest BCUT2D eigenvalue weighted by atomic mass is 10.3. The minimum atomic E-state index is -2.47. The van der Waals surface area contributed by atoms with E-state index in [0.717, 1.165) is 37.4 Å². The Morgan fingerprint density at radius 1 is 0.289 bits per heavy atom. The summed E-state index contributed by atoms with van der Waals surface area (Å²) in [6.07, 6.45) is 10.6. The van der Waals surface area contributed by atoms with E-state index in [-0.39, 0.29) is 0 Å². The van der Waals surface area contributed by atoms with Gasteiger partial charge in [-0.25, -0.2) is 0 Å². The fourth-order valence-corrected chi connectivity index (χ4v) is 14.7. The van der Waals surface area contributed by atoms with E-state index in [1.807, 2.05) is 0 Å². The second-order valence-electron chi connectivity index (χ2n) is 10.4. The van der Waals surface area contributed by atoms with Crippen molar-refractivity contribution in [3.8, 4) is 0 Å². The Morgan fingerprint density at radius 2 is 0.474 bits per heavy atom. The molecular formula is C25H60O9Si4. The zero-order chi connectivity index (χ0) is 29.0. The quantitative estimate of drug-likeness (QED) is 0.0790. The summed E-state index contributed by atoms with van der Waals surface area (Å²) in [5, 5.41) is 0. The van der Waals surface area contributed by atoms with Gasteiger partial charge < -0.3 is 39.8 Å². The molecule has 38 heavy (non-hydrogen) atoms. The Kier molecular flexibility index (Phi) is 21.5. The second-order valence-corrected chi connectivity index (χ2v) is 24.8. The molecule has 0 saturated carbocycles. The number of hydrogen-bond donors (Lipinski definition) is 0. The summed E-state index contributed by atoms with van der Waals surface area (Å²) >= 11 is 0. The van der Waals surface area contributed by atoms with Crippen LogP contribution in [0.4, 0.5) is 0 Å². The first kappa shape index (κ1) is 38.5. The number of unbranched alkanes of at least 4 members (excludes halogenated alkanes) is 6. The highest BCUT2D eigenvalue weighted by atomic mass is 28.4. The predicted octanol–water partition coefficient (Wildman–Crippen LogP) is 6.21. The highest BCUT2D eigenvalue weighted by molar-refractivity contribution is 6.78. The zero-order valence-electron chi connectivity index (χ0n) is 26.3. The Bertz CT molecular complexity index is 464. The molecule has 0 aliphatic carbocycles. The van der Waals surface area contributed by atoms with E-state index >= 15 is 0 Å². The van der Waals surface area contributed by atoms with Crippen molar-refractivity contribution in [3.63, 3.8) is 0 Å². The van der Waals surface area contributed by atoms with E-state index in [0.29, 0.717) is 0 Å². The highest BCUT2D eigenvalue weighted by Gasteiger charge is 2.38. The van der Waals surface area contributed by atoms with Crippen molar-refractivity contribution < 1.29 is 39.8 Å². The van der Waals surface area contributed by atoms with Crippen LogP contribution in [0.15, 0.2) is 0 Å². The van der Waals surface area contributed by atoms with Crippen LogP contribution in [-0.2, 0) is 39.8 Å². The molecule has 0 atom stereocenters. The molecule has 0 amide bonds. The molecule has 0 aromatic carbocycles. The largest absolute Gasteiger partial charge is 0.500 e. The summed E-state index contributed by atoms with van der Waals surface area (Å²) in [4.78, 5) is 0. The Hall–Kier alpha value is 0.508. The summed E-state index contributed by atoms with van der Waals surface area (Å²) in [6.45, 7) is 2.61. The Morgan fingerprint density at radius 3 is 0.658 bits per heavy atom. The molecule has 0 heterocycles. The van der Waals surface area contributed by atoms with E-state index in [2.05, 4.69) is 6.55 Å². The summed E-state index contributed by atoms with van der Waals surface area (Å²) in [5.74, 6) is 0. The predicted molar refractivity (Wildman–Crippen MR) is 162 cm³/mol. The van der Waals surface area contributed by atoms with Crippen molar-refractivity contribution in [2.75, 3.05) is 64.0 Å². The van der Waals surface area contributed by atoms with Crippen LogP contribution in [0.5, 0.6) is 0 Å². The van der Waals surface area contributed by atoms with Gasteiger partial charge in [-0.1, -0.05) is 63.2 Å². The molecule has 0 aliphatic heterocycles. The van der Waals surface area contributed by atoms with Crippen molar-refractivity contribution in [3.05, 3.63) is 0 Å². The SMILES string of the molecule is CO[Si](CCCCC[Si](C)(CCCCC[Si](OC)(OC)OC)CCCCC[Si](OC)(OC)OC)(OC)OC. The molecule has 0 spiro atoms. The summed E-state index contributed by atoms with van der Waals surface area (Å²) < 4.78 is 50.3. The average Bonchev–Trinajstić information content (AvgIpc) is 2.96. The maximum Gasteiger partial charge on any atom is 0.500 e. The second kappa shape index (κ2) is 21.2. The van der Waals surface area contributed by atoms with Crippen molar-refractivity contribution in [2.45, 2.75) is 101 Å². The zero-order valence-corrected chi connectivity index (χ0v) is 30.3. The van der Waals surface area contributed by atoms with Gasteiger partial charge in [0.25, 0.3) is 0 Å². The van der Waals surface area contributed by atoms with Crippen molar-refractivity contribution >= 4 is 34.5 Å². The lowest BCUT2D eigenvalue weighted by Crippen LogP contribution is -2.42. The fraction of sp³-hybridized carbons (Fsp3) is 1.00. The minimum Gasteiger partial charge on any atom is -0.377 e. The van der Waals surface area contributed by atoms with Gasteiger partial charge in [-0.05, 0) is 19.3 Å². The molecule has 230 valence electrons. The molecule has 0 rings (SSSR count). The third kappa shape index (κ3) is 13.9. The van der Waals surface area contributed by atoms with Gasteiger partial charge in [0.1, 0.15) is 0 Å². The van der Waals surface area contributed by atoms with Gasteiger partial charge >= 0.3 is 26.4 Å². The van der Waals surface area contributed by atoms with E-state index in [1.54, 1.807) is 64.0 Å². The van der Waals surface area contributed by atoms with E-state index < -0.39 is 34.5 Å². The first-order valence-corrected chi connectivity index (χ1v) is 23.0. The summed E-state index contributed by atoms with van der Waals surface area (Å²) in [6, 6.07) is 6.74. The molecule has 0 saturated heterocycles. The lowest BCUT2D eigenvalue weighted by molar-refractivity contribution is 0.122. The average molecular weight is 617 g/mol. The van der Waals surface area contributed by atoms with Crippen LogP contribution >= 0.6 is 0 Å². The Labute approximate surface area is 238 Å². The lowest BCUT2D eigenvalue weighted by Gasteiger charge is -2.29. The molecule has 13 heteroatoms. The van der Waals surface area contributed by atoms with Crippen molar-refractivity contribution in [1.29, 1.82) is 0 Å². The molecule has 0 fully saturated rings. The maximum absolute atomic E-state index is 5.59. The van der Waals surface area contributed by atoms with Crippen LogP contribution < -0.4 is 0 Å². The standard InChI is InChI=1S/C25H60O9Si4/c1-26-36(27-2,28-3)23-17-11-14-20-35(10,21-15-12-18-24-37(29-4,30-5)31-6)22-16-13-19-25-38(32-7,33-8)34-9/h11-25H2,1-10H3. The molecule has 9 nitrogen and oxygen atoms in total. The molecule has 0 radical (unpaired) electrons. The molecule has 0 bridgehead atoms. The van der Waals surface area contributed by atoms with Gasteiger partial charge in [0.15, 0.2) is 0 Å². The van der Waals surface area contributed by atoms with Crippen LogP contribution in [0, 0.1) is 0 Å². The molecule has 0 aromatic heterocycles. The van der Waals surface area contributed by atoms with Crippen LogP contribution in [0.3, 0.4) is 0 Å². The smallest absolute Gasteiger partial charge is 0.377 e. The van der Waals surface area contributed by atoms with Gasteiger partial charge in [0.2, 0.25) is 0 Å². The maximum atomic E-state index is 5.59. The van der Waals surface area contributed by atoms with Crippen LogP contribution in [0.2, 0.25) is 42.8 Å². The topological polar surface area (TPSA) is 83.1 Å². The molecule has 0 aromatic rings. The molecular weight excluding hydrogens is 557 g/mol. The molecule has 0 unspecified atom stereocenters. The monoisotopic (exact) mass is 616 g/mol. The summed E-state index contributed by atoms with van der Waals surface area (Å²) in [7, 11) is 6.49. The Balaban J connectivity index is 4.80. The van der Waals surface area contributed by atoms with Gasteiger partial charge in [0, 0.05) is 82.1 Å². The molecule has 0 aliphatic rings. The highest BCUT2D eigenvalue weighted by Crippen LogP contribution is 2.31. The van der Waals surface area contributed by atoms with Gasteiger partial charge in [-0.2, -0.15) is 0 Å². The minimum absolute atomic E-state index is 0.878. The van der Waals surface area contributed by atoms with E-state index in [1.165, 1.54) is 56.7 Å². The third-order valence-electron chi connectivity index (χ3n) is 8.09. The normalized spacial score (nSPS) is 13.4. The van der Waals surface area contributed by atoms with Crippen LogP contribution in [-0.4, -0.2) is 98.5 Å². The number of hydrogen-bond acceptors (Lipinski definition) is 9. The number of rotatable bonds is 27. The third-order valence-corrected chi connectivity index (χ3v) is 21.3. The first-order chi connectivity index (χ1) is 18.2. The first-order valence-electron chi connectivity index (χ1n) is 14.1. The van der Waals surface area contributed by atoms with Crippen molar-refractivity contribution in [2.24, 2.45) is 0 Å². The molecule has 0 N–H and O–H groups in total. The van der Waals surface area contributed by atoms with Crippen LogP contribution in [0.25, 0.3) is 0 Å². The van der Waals surface area contributed by atoms with Gasteiger partial charge in [-0.15, -0.1) is 0 Å². The fourth-order valence-electron chi connectivity index (χ4n) is 5.25. The van der Waals surface area contributed by atoms with E-state index in [4.69, 9.17) is 39.8 Å². The summed E-state index contributed by atoms with van der Waals surface area (Å²) in [5.41, 5.74) is 0. The van der Waals surface area contributed by atoms with E-state index in [9.17, 15) is 0 Å². The van der Waals surface area contributed by atoms with Gasteiger partial charge in [-0.3, -0.25) is 0 Å².